The average molecular weight is 364 g/mol. The summed E-state index contributed by atoms with van der Waals surface area (Å²) in [5, 5.41) is 8.36. The van der Waals surface area contributed by atoms with Crippen LogP contribution in [0.3, 0.4) is 0 Å². The molecule has 1 heterocycles. The Kier molecular flexibility index (Phi) is 4.87. The Morgan fingerprint density at radius 3 is 2.58 bits per heavy atom. The van der Waals surface area contributed by atoms with Crippen LogP contribution in [-0.4, -0.2) is 23.3 Å². The fraction of sp³-hybridized carbons (Fsp3) is 0.353. The summed E-state index contributed by atoms with van der Waals surface area (Å²) >= 11 is 7.20. The van der Waals surface area contributed by atoms with Crippen molar-refractivity contribution in [3.63, 3.8) is 0 Å². The van der Waals surface area contributed by atoms with Crippen LogP contribution >= 0.6 is 22.9 Å². The maximum atomic E-state index is 12.3. The standard InChI is InChI=1S/C17H18ClN3O2S/c1-11(22)20-16-21-14(9-24-16)15(23)19-10-17(7-2-8-17)12-3-5-13(18)6-4-12/h3-6,9H,2,7-8,10H2,1H3,(H,19,23)(H,20,21,22). The van der Waals surface area contributed by atoms with Gasteiger partial charge in [0.2, 0.25) is 5.91 Å². The monoisotopic (exact) mass is 363 g/mol. The third-order valence-electron chi connectivity index (χ3n) is 4.37. The molecule has 1 saturated carbocycles. The van der Waals surface area contributed by atoms with E-state index in [2.05, 4.69) is 15.6 Å². The van der Waals surface area contributed by atoms with Gasteiger partial charge in [-0.1, -0.05) is 30.2 Å². The third kappa shape index (κ3) is 3.60. The molecule has 1 fully saturated rings. The smallest absolute Gasteiger partial charge is 0.270 e. The summed E-state index contributed by atoms with van der Waals surface area (Å²) < 4.78 is 0. The van der Waals surface area contributed by atoms with Crippen molar-refractivity contribution in [1.29, 1.82) is 0 Å². The van der Waals surface area contributed by atoms with Crippen molar-refractivity contribution in [2.45, 2.75) is 31.6 Å². The van der Waals surface area contributed by atoms with E-state index < -0.39 is 0 Å². The number of thiazole rings is 1. The highest BCUT2D eigenvalue weighted by Gasteiger charge is 2.38. The molecule has 1 aliphatic rings. The lowest BCUT2D eigenvalue weighted by atomic mass is 9.64. The highest BCUT2D eigenvalue weighted by Crippen LogP contribution is 2.43. The number of nitrogens with one attached hydrogen (secondary N) is 2. The summed E-state index contributed by atoms with van der Waals surface area (Å²) in [4.78, 5) is 27.5. The van der Waals surface area contributed by atoms with Crippen LogP contribution in [-0.2, 0) is 10.2 Å². The van der Waals surface area contributed by atoms with Crippen molar-refractivity contribution in [3.8, 4) is 0 Å². The molecule has 1 aromatic heterocycles. The van der Waals surface area contributed by atoms with E-state index in [1.165, 1.54) is 23.8 Å². The number of amides is 2. The maximum Gasteiger partial charge on any atom is 0.270 e. The second-order valence-corrected chi connectivity index (χ2v) is 7.34. The number of nitrogens with zero attached hydrogens (tertiary/aromatic N) is 1. The van der Waals surface area contributed by atoms with E-state index in [9.17, 15) is 9.59 Å². The van der Waals surface area contributed by atoms with Crippen molar-refractivity contribution in [1.82, 2.24) is 10.3 Å². The lowest BCUT2D eigenvalue weighted by Crippen LogP contribution is -2.45. The summed E-state index contributed by atoms with van der Waals surface area (Å²) in [5.74, 6) is -0.421. The van der Waals surface area contributed by atoms with E-state index in [-0.39, 0.29) is 17.2 Å². The van der Waals surface area contributed by atoms with E-state index in [0.717, 1.165) is 19.3 Å². The third-order valence-corrected chi connectivity index (χ3v) is 5.38. The first kappa shape index (κ1) is 16.9. The quantitative estimate of drug-likeness (QED) is 0.852. The maximum absolute atomic E-state index is 12.3. The van der Waals surface area contributed by atoms with Crippen LogP contribution in [0.4, 0.5) is 5.13 Å². The molecule has 0 saturated heterocycles. The molecule has 1 aliphatic carbocycles. The summed E-state index contributed by atoms with van der Waals surface area (Å²) in [5.41, 5.74) is 1.52. The summed E-state index contributed by atoms with van der Waals surface area (Å²) in [6.07, 6.45) is 3.24. The molecule has 24 heavy (non-hydrogen) atoms. The van der Waals surface area contributed by atoms with Crippen molar-refractivity contribution in [3.05, 3.63) is 45.9 Å². The lowest BCUT2D eigenvalue weighted by Gasteiger charge is -2.42. The normalized spacial score (nSPS) is 15.4. The molecule has 0 atom stereocenters. The van der Waals surface area contributed by atoms with E-state index in [0.29, 0.717) is 22.4 Å². The van der Waals surface area contributed by atoms with Crippen LogP contribution in [0.25, 0.3) is 0 Å². The van der Waals surface area contributed by atoms with Crippen molar-refractivity contribution >= 4 is 39.9 Å². The van der Waals surface area contributed by atoms with Gasteiger partial charge in [0.1, 0.15) is 5.69 Å². The fourth-order valence-electron chi connectivity index (χ4n) is 2.90. The van der Waals surface area contributed by atoms with Crippen molar-refractivity contribution < 1.29 is 9.59 Å². The second kappa shape index (κ2) is 6.91. The summed E-state index contributed by atoms with van der Waals surface area (Å²) in [7, 11) is 0. The summed E-state index contributed by atoms with van der Waals surface area (Å²) in [6, 6.07) is 7.84. The van der Waals surface area contributed by atoms with Gasteiger partial charge in [0.25, 0.3) is 5.91 Å². The molecule has 1 aromatic carbocycles. The molecule has 7 heteroatoms. The average Bonchev–Trinajstić information content (AvgIpc) is 2.95. The van der Waals surface area contributed by atoms with Crippen LogP contribution in [0.5, 0.6) is 0 Å². The minimum Gasteiger partial charge on any atom is -0.350 e. The summed E-state index contributed by atoms with van der Waals surface area (Å²) in [6.45, 7) is 1.98. The first-order valence-corrected chi connectivity index (χ1v) is 9.02. The number of rotatable bonds is 5. The van der Waals surface area contributed by atoms with Gasteiger partial charge in [0, 0.05) is 29.3 Å². The number of hydrogen-bond acceptors (Lipinski definition) is 4. The molecular formula is C17H18ClN3O2S. The molecule has 2 aromatic rings. The van der Waals surface area contributed by atoms with Gasteiger partial charge in [0.15, 0.2) is 5.13 Å². The Morgan fingerprint density at radius 1 is 1.29 bits per heavy atom. The largest absolute Gasteiger partial charge is 0.350 e. The minimum absolute atomic E-state index is 0.0171. The molecular weight excluding hydrogens is 346 g/mol. The van der Waals surface area contributed by atoms with Gasteiger partial charge in [-0.05, 0) is 30.5 Å². The number of carbonyl (C=O) groups excluding carboxylic acids is 2. The van der Waals surface area contributed by atoms with Crippen LogP contribution in [0.15, 0.2) is 29.6 Å². The first-order valence-electron chi connectivity index (χ1n) is 7.76. The number of anilines is 1. The molecule has 0 aliphatic heterocycles. The van der Waals surface area contributed by atoms with Crippen LogP contribution < -0.4 is 10.6 Å². The van der Waals surface area contributed by atoms with E-state index in [4.69, 9.17) is 11.6 Å². The van der Waals surface area contributed by atoms with Crippen LogP contribution in [0.2, 0.25) is 5.02 Å². The SMILES string of the molecule is CC(=O)Nc1nc(C(=O)NCC2(c3ccc(Cl)cc3)CCC2)cs1. The Bertz CT molecular complexity index is 753. The van der Waals surface area contributed by atoms with Gasteiger partial charge in [0.05, 0.1) is 0 Å². The highest BCUT2D eigenvalue weighted by atomic mass is 35.5. The van der Waals surface area contributed by atoms with Crippen LogP contribution in [0, 0.1) is 0 Å². The number of benzene rings is 1. The van der Waals surface area contributed by atoms with Gasteiger partial charge in [-0.15, -0.1) is 11.3 Å². The Hall–Kier alpha value is -1.92. The second-order valence-electron chi connectivity index (χ2n) is 6.04. The number of carbonyl (C=O) groups is 2. The van der Waals surface area contributed by atoms with E-state index in [1.54, 1.807) is 5.38 Å². The first-order chi connectivity index (χ1) is 11.5. The number of aromatic nitrogens is 1. The van der Waals surface area contributed by atoms with Crippen LogP contribution in [0.1, 0.15) is 42.2 Å². The van der Waals surface area contributed by atoms with Gasteiger partial charge >= 0.3 is 0 Å². The number of hydrogen-bond donors (Lipinski definition) is 2. The zero-order chi connectivity index (χ0) is 17.2. The van der Waals surface area contributed by atoms with E-state index in [1.807, 2.05) is 24.3 Å². The van der Waals surface area contributed by atoms with Gasteiger partial charge < -0.3 is 10.6 Å². The Balaban J connectivity index is 1.65. The molecule has 3 rings (SSSR count). The van der Waals surface area contributed by atoms with Gasteiger partial charge in [-0.25, -0.2) is 4.98 Å². The van der Waals surface area contributed by atoms with Crippen molar-refractivity contribution in [2.24, 2.45) is 0 Å². The predicted molar refractivity (Wildman–Crippen MR) is 95.7 cm³/mol. The molecule has 0 radical (unpaired) electrons. The molecule has 126 valence electrons. The zero-order valence-electron chi connectivity index (χ0n) is 13.3. The Morgan fingerprint density at radius 2 is 2.00 bits per heavy atom. The lowest BCUT2D eigenvalue weighted by molar-refractivity contribution is -0.114. The fourth-order valence-corrected chi connectivity index (χ4v) is 3.76. The molecule has 2 N–H and O–H groups in total. The van der Waals surface area contributed by atoms with Crippen molar-refractivity contribution in [2.75, 3.05) is 11.9 Å². The predicted octanol–water partition coefficient (Wildman–Crippen LogP) is 3.61. The molecule has 0 unspecified atom stereocenters. The van der Waals surface area contributed by atoms with E-state index >= 15 is 0 Å². The molecule has 0 bridgehead atoms. The van der Waals surface area contributed by atoms with Gasteiger partial charge in [-0.3, -0.25) is 9.59 Å². The zero-order valence-corrected chi connectivity index (χ0v) is 14.8. The number of halogens is 1. The minimum atomic E-state index is -0.219. The topological polar surface area (TPSA) is 71.1 Å². The molecule has 2 amide bonds. The highest BCUT2D eigenvalue weighted by molar-refractivity contribution is 7.14. The molecule has 5 nitrogen and oxygen atoms in total. The Labute approximate surface area is 149 Å². The van der Waals surface area contributed by atoms with Gasteiger partial charge in [-0.2, -0.15) is 0 Å². The molecule has 0 spiro atoms.